The highest BCUT2D eigenvalue weighted by Gasteiger charge is 2.52. The van der Waals surface area contributed by atoms with Gasteiger partial charge in [0.05, 0.1) is 24.8 Å². The number of hydrogen-bond donors (Lipinski definition) is 0. The first-order valence-corrected chi connectivity index (χ1v) is 12.5. The van der Waals surface area contributed by atoms with Crippen molar-refractivity contribution in [3.8, 4) is 5.75 Å². The van der Waals surface area contributed by atoms with Crippen molar-refractivity contribution >= 4 is 12.0 Å². The number of halogens is 3. The van der Waals surface area contributed by atoms with Gasteiger partial charge in [0.2, 0.25) is 0 Å². The van der Waals surface area contributed by atoms with Crippen LogP contribution in [-0.4, -0.2) is 80.6 Å². The molecule has 0 aromatic heterocycles. The highest BCUT2D eigenvalue weighted by atomic mass is 19.4. The van der Waals surface area contributed by atoms with Crippen LogP contribution in [0, 0.1) is 17.8 Å². The number of amides is 2. The van der Waals surface area contributed by atoms with Gasteiger partial charge in [-0.15, -0.1) is 0 Å². The molecule has 0 radical (unpaired) electrons. The number of esters is 1. The lowest BCUT2D eigenvalue weighted by molar-refractivity contribution is -0.154. The summed E-state index contributed by atoms with van der Waals surface area (Å²) in [6, 6.07) is 7.26. The number of benzene rings is 1. The Bertz CT molecular complexity index is 1040. The van der Waals surface area contributed by atoms with Gasteiger partial charge in [0, 0.05) is 40.1 Å². The van der Waals surface area contributed by atoms with Crippen LogP contribution in [-0.2, 0) is 20.7 Å². The number of carbonyl (C=O) groups excluding carboxylic acids is 2. The summed E-state index contributed by atoms with van der Waals surface area (Å²) in [5.74, 6) is 0.240. The summed E-state index contributed by atoms with van der Waals surface area (Å²) < 4.78 is 55.1. The first-order chi connectivity index (χ1) is 17.6. The molecule has 10 heteroatoms. The molecule has 1 aromatic rings. The number of hydrogen-bond acceptors (Lipinski definition) is 5. The summed E-state index contributed by atoms with van der Waals surface area (Å²) in [5, 5.41) is 0. The van der Waals surface area contributed by atoms with Crippen LogP contribution in [0.25, 0.3) is 0 Å². The minimum atomic E-state index is -4.33. The molecule has 37 heavy (non-hydrogen) atoms. The second kappa shape index (κ2) is 11.2. The number of ether oxygens (including phenoxy) is 3. The zero-order valence-electron chi connectivity index (χ0n) is 21.2. The number of rotatable bonds is 11. The van der Waals surface area contributed by atoms with Gasteiger partial charge < -0.3 is 24.0 Å². The monoisotopic (exact) mass is 522 g/mol. The van der Waals surface area contributed by atoms with E-state index in [1.165, 1.54) is 13.2 Å². The summed E-state index contributed by atoms with van der Waals surface area (Å²) in [5.41, 5.74) is 0.318. The first kappa shape index (κ1) is 27.0. The third kappa shape index (κ3) is 6.29. The second-order valence-electron chi connectivity index (χ2n) is 9.71. The van der Waals surface area contributed by atoms with Crippen molar-refractivity contribution in [1.29, 1.82) is 0 Å². The van der Waals surface area contributed by atoms with Gasteiger partial charge in [-0.3, -0.25) is 0 Å². The van der Waals surface area contributed by atoms with Crippen LogP contribution < -0.4 is 4.74 Å². The van der Waals surface area contributed by atoms with Crippen LogP contribution in [0.4, 0.5) is 18.0 Å². The van der Waals surface area contributed by atoms with Gasteiger partial charge in [0.25, 0.3) is 0 Å². The van der Waals surface area contributed by atoms with E-state index in [-0.39, 0.29) is 29.8 Å². The molecule has 1 heterocycles. The molecule has 2 fully saturated rings. The molecule has 202 valence electrons. The summed E-state index contributed by atoms with van der Waals surface area (Å²) in [6.07, 6.45) is 0.120. The number of alkyl halides is 3. The minimum absolute atomic E-state index is 0.0310. The Morgan fingerprint density at radius 3 is 2.57 bits per heavy atom. The molecule has 2 aliphatic carbocycles. The zero-order valence-corrected chi connectivity index (χ0v) is 21.2. The van der Waals surface area contributed by atoms with E-state index in [1.54, 1.807) is 29.8 Å². The Morgan fingerprint density at radius 2 is 1.92 bits per heavy atom. The molecule has 7 nitrogen and oxygen atoms in total. The largest absolute Gasteiger partial charge is 0.494 e. The fourth-order valence-corrected chi connectivity index (χ4v) is 5.12. The summed E-state index contributed by atoms with van der Waals surface area (Å²) in [7, 11) is 3.22. The molecule has 1 saturated heterocycles. The molecule has 3 aliphatic rings. The van der Waals surface area contributed by atoms with E-state index in [0.29, 0.717) is 44.9 Å². The smallest absolute Gasteiger partial charge is 0.416 e. The normalized spacial score (nSPS) is 25.6. The molecule has 0 N–H and O–H groups in total. The van der Waals surface area contributed by atoms with E-state index >= 15 is 0 Å². The third-order valence-electron chi connectivity index (χ3n) is 7.37. The molecule has 0 bridgehead atoms. The van der Waals surface area contributed by atoms with E-state index in [2.05, 4.69) is 0 Å². The second-order valence-corrected chi connectivity index (χ2v) is 9.71. The molecular formula is C27H33F3N2O5. The molecule has 4 unspecified atom stereocenters. The van der Waals surface area contributed by atoms with Crippen LogP contribution in [0.1, 0.15) is 18.9 Å². The van der Waals surface area contributed by atoms with Crippen molar-refractivity contribution in [2.24, 2.45) is 17.8 Å². The standard InChI is InChI=1S/C27H33F3N2O5/c1-4-36-25(33)24(35-3)13-17-5-8-20(9-6-17)37-12-11-19-15-32(26(34)31(19)2)16-23-21-10-7-18(14-22(21)23)27(28,29)30/h5-10,14,19,21-24H,4,11-13,15-16H2,1-3H3/t19?,21?,22?,23?,24-/m0/s1. The quantitative estimate of drug-likeness (QED) is 0.407. The molecule has 1 aromatic carbocycles. The van der Waals surface area contributed by atoms with E-state index in [0.717, 1.165) is 11.6 Å². The number of likely N-dealkylation sites (N-methyl/N-ethyl adjacent to an activating group) is 1. The lowest BCUT2D eigenvalue weighted by Crippen LogP contribution is -2.32. The van der Waals surface area contributed by atoms with Gasteiger partial charge in [-0.2, -0.15) is 13.2 Å². The highest BCUT2D eigenvalue weighted by Crippen LogP contribution is 2.53. The van der Waals surface area contributed by atoms with Crippen molar-refractivity contribution < 1.29 is 37.0 Å². The van der Waals surface area contributed by atoms with E-state index < -0.39 is 23.8 Å². The van der Waals surface area contributed by atoms with Gasteiger partial charge in [-0.25, -0.2) is 9.59 Å². The van der Waals surface area contributed by atoms with Gasteiger partial charge in [-0.1, -0.05) is 30.4 Å². The fraction of sp³-hybridized carbons (Fsp3) is 0.556. The van der Waals surface area contributed by atoms with Crippen LogP contribution in [0.3, 0.4) is 0 Å². The number of fused-ring (bicyclic) bond motifs is 1. The van der Waals surface area contributed by atoms with Crippen LogP contribution >= 0.6 is 0 Å². The fourth-order valence-electron chi connectivity index (χ4n) is 5.12. The molecule has 2 amide bonds. The Hall–Kier alpha value is -3.01. The maximum atomic E-state index is 13.0. The van der Waals surface area contributed by atoms with Crippen LogP contribution in [0.5, 0.6) is 5.75 Å². The lowest BCUT2D eigenvalue weighted by Gasteiger charge is -2.18. The molecular weight excluding hydrogens is 489 g/mol. The van der Waals surface area contributed by atoms with Crippen LogP contribution in [0.15, 0.2) is 48.1 Å². The summed E-state index contributed by atoms with van der Waals surface area (Å²) in [4.78, 5) is 28.1. The molecule has 4 rings (SSSR count). The maximum absolute atomic E-state index is 13.0. The highest BCUT2D eigenvalue weighted by molar-refractivity contribution is 5.77. The van der Waals surface area contributed by atoms with Crippen LogP contribution in [0.2, 0.25) is 0 Å². The van der Waals surface area contributed by atoms with E-state index in [9.17, 15) is 22.8 Å². The number of urea groups is 1. The Morgan fingerprint density at radius 1 is 1.19 bits per heavy atom. The summed E-state index contributed by atoms with van der Waals surface area (Å²) >= 11 is 0. The average molecular weight is 523 g/mol. The van der Waals surface area contributed by atoms with Gasteiger partial charge in [-0.05, 0) is 42.4 Å². The first-order valence-electron chi connectivity index (χ1n) is 12.5. The summed E-state index contributed by atoms with van der Waals surface area (Å²) in [6.45, 7) is 3.44. The predicted molar refractivity (Wildman–Crippen MR) is 130 cm³/mol. The lowest BCUT2D eigenvalue weighted by atomic mass is 10.1. The molecule has 1 saturated carbocycles. The minimum Gasteiger partial charge on any atom is -0.494 e. The van der Waals surface area contributed by atoms with Gasteiger partial charge in [0.1, 0.15) is 5.75 Å². The third-order valence-corrected chi connectivity index (χ3v) is 7.37. The Labute approximate surface area is 214 Å². The maximum Gasteiger partial charge on any atom is 0.416 e. The number of allylic oxidation sites excluding steroid dienone is 4. The predicted octanol–water partition coefficient (Wildman–Crippen LogP) is 4.23. The van der Waals surface area contributed by atoms with Crippen molar-refractivity contribution in [2.75, 3.05) is 40.5 Å². The Balaban J connectivity index is 1.22. The molecule has 0 spiro atoms. The topological polar surface area (TPSA) is 68.3 Å². The molecule has 1 aliphatic heterocycles. The van der Waals surface area contributed by atoms with E-state index in [4.69, 9.17) is 14.2 Å². The molecule has 5 atom stereocenters. The zero-order chi connectivity index (χ0) is 26.7. The number of carbonyl (C=O) groups is 2. The SMILES string of the molecule is CCOC(=O)[C@H](Cc1ccc(OCCC2CN(CC3C4C=CC(C(F)(F)F)=CC43)C(=O)N2C)cc1)OC. The number of methoxy groups -OCH3 is 1. The van der Waals surface area contributed by atoms with Gasteiger partial charge >= 0.3 is 18.2 Å². The van der Waals surface area contributed by atoms with E-state index in [1.807, 2.05) is 24.3 Å². The van der Waals surface area contributed by atoms with Crippen molar-refractivity contribution in [3.63, 3.8) is 0 Å². The van der Waals surface area contributed by atoms with Crippen molar-refractivity contribution in [2.45, 2.75) is 38.1 Å². The van der Waals surface area contributed by atoms with Gasteiger partial charge in [0.15, 0.2) is 6.10 Å². The average Bonchev–Trinajstić information content (AvgIpc) is 3.49. The Kier molecular flexibility index (Phi) is 8.16. The van der Waals surface area contributed by atoms with Crippen molar-refractivity contribution in [1.82, 2.24) is 9.80 Å². The van der Waals surface area contributed by atoms with Crippen molar-refractivity contribution in [3.05, 3.63) is 53.6 Å². The number of nitrogens with zero attached hydrogens (tertiary/aromatic N) is 2.